The number of anilines is 2. The summed E-state index contributed by atoms with van der Waals surface area (Å²) in [7, 11) is 0. The van der Waals surface area contributed by atoms with Gasteiger partial charge in [-0.3, -0.25) is 9.36 Å². The molecule has 7 nitrogen and oxygen atoms in total. The van der Waals surface area contributed by atoms with E-state index in [4.69, 9.17) is 4.42 Å². The predicted molar refractivity (Wildman–Crippen MR) is 132 cm³/mol. The number of aromatic nitrogens is 3. The molecule has 1 aliphatic rings. The highest BCUT2D eigenvalue weighted by Gasteiger charge is 2.24. The van der Waals surface area contributed by atoms with E-state index in [-0.39, 0.29) is 11.7 Å². The summed E-state index contributed by atoms with van der Waals surface area (Å²) in [5.41, 5.74) is 0.941. The maximum Gasteiger partial charge on any atom is 0.237 e. The van der Waals surface area contributed by atoms with Crippen LogP contribution in [0.3, 0.4) is 0 Å². The largest absolute Gasteiger partial charge is 0.467 e. The van der Waals surface area contributed by atoms with Crippen LogP contribution in [0.4, 0.5) is 11.6 Å². The van der Waals surface area contributed by atoms with Crippen LogP contribution in [-0.4, -0.2) is 46.1 Å². The van der Waals surface area contributed by atoms with Gasteiger partial charge in [0, 0.05) is 25.0 Å². The molecule has 0 aliphatic carbocycles. The average Bonchev–Trinajstić information content (AvgIpc) is 3.61. The molecule has 0 bridgehead atoms. The maximum absolute atomic E-state index is 13.3. The van der Waals surface area contributed by atoms with E-state index in [1.807, 2.05) is 48.2 Å². The van der Waals surface area contributed by atoms with Crippen molar-refractivity contribution < 1.29 is 9.21 Å². The standard InChI is InChI=1S/C25H27N5O2S/c1-2-29(22-13-7-10-19-9-3-4-12-21(19)22)23(31)18-33-25-27-26-24(28-14-5-6-15-28)30(25)17-20-11-8-16-32-20/h3-4,7-13,16H,2,5-6,14-15,17-18H2,1H3. The third-order valence-corrected chi connectivity index (χ3v) is 6.93. The van der Waals surface area contributed by atoms with Crippen LogP contribution in [-0.2, 0) is 11.3 Å². The molecule has 0 atom stereocenters. The summed E-state index contributed by atoms with van der Waals surface area (Å²) < 4.78 is 7.65. The predicted octanol–water partition coefficient (Wildman–Crippen LogP) is 4.82. The number of benzene rings is 2. The van der Waals surface area contributed by atoms with E-state index in [0.717, 1.165) is 59.3 Å². The van der Waals surface area contributed by atoms with Crippen molar-refractivity contribution in [2.45, 2.75) is 31.5 Å². The van der Waals surface area contributed by atoms with Gasteiger partial charge < -0.3 is 14.2 Å². The fraction of sp³-hybridized carbons (Fsp3) is 0.320. The van der Waals surface area contributed by atoms with Crippen LogP contribution >= 0.6 is 11.8 Å². The van der Waals surface area contributed by atoms with Gasteiger partial charge in [-0.05, 0) is 43.4 Å². The van der Waals surface area contributed by atoms with Crippen LogP contribution in [0, 0.1) is 0 Å². The summed E-state index contributed by atoms with van der Waals surface area (Å²) in [6.45, 7) is 5.11. The second-order valence-electron chi connectivity index (χ2n) is 8.07. The molecule has 5 rings (SSSR count). The van der Waals surface area contributed by atoms with E-state index in [1.54, 1.807) is 6.26 Å². The summed E-state index contributed by atoms with van der Waals surface area (Å²) >= 11 is 1.43. The number of amides is 1. The zero-order valence-electron chi connectivity index (χ0n) is 18.7. The Labute approximate surface area is 197 Å². The lowest BCUT2D eigenvalue weighted by atomic mass is 10.1. The Hall–Kier alpha value is -3.26. The number of furan rings is 1. The Kier molecular flexibility index (Phi) is 6.35. The van der Waals surface area contributed by atoms with Crippen molar-refractivity contribution >= 4 is 40.1 Å². The maximum atomic E-state index is 13.3. The van der Waals surface area contributed by atoms with Crippen molar-refractivity contribution in [1.29, 1.82) is 0 Å². The topological polar surface area (TPSA) is 67.4 Å². The molecular weight excluding hydrogens is 434 g/mol. The van der Waals surface area contributed by atoms with E-state index in [1.165, 1.54) is 11.8 Å². The number of fused-ring (bicyclic) bond motifs is 1. The Morgan fingerprint density at radius 1 is 1.06 bits per heavy atom. The lowest BCUT2D eigenvalue weighted by Gasteiger charge is -2.23. The second kappa shape index (κ2) is 9.70. The van der Waals surface area contributed by atoms with Crippen molar-refractivity contribution in [3.05, 3.63) is 66.6 Å². The van der Waals surface area contributed by atoms with E-state index in [0.29, 0.717) is 13.1 Å². The Balaban J connectivity index is 1.37. The summed E-state index contributed by atoms with van der Waals surface area (Å²) in [5.74, 6) is 2.02. The number of hydrogen-bond acceptors (Lipinski definition) is 6. The molecule has 1 amide bonds. The highest BCUT2D eigenvalue weighted by Crippen LogP contribution is 2.29. The summed E-state index contributed by atoms with van der Waals surface area (Å²) in [5, 5.41) is 11.9. The molecule has 2 aromatic carbocycles. The minimum absolute atomic E-state index is 0.0501. The van der Waals surface area contributed by atoms with Gasteiger partial charge in [0.25, 0.3) is 0 Å². The van der Waals surface area contributed by atoms with Gasteiger partial charge in [-0.2, -0.15) is 0 Å². The SMILES string of the molecule is CCN(C(=O)CSc1nnc(N2CCCC2)n1Cc1ccco1)c1cccc2ccccc12. The molecule has 170 valence electrons. The fourth-order valence-corrected chi connectivity index (χ4v) is 5.17. The first-order valence-corrected chi connectivity index (χ1v) is 12.3. The van der Waals surface area contributed by atoms with Gasteiger partial charge >= 0.3 is 0 Å². The fourth-order valence-electron chi connectivity index (χ4n) is 4.36. The van der Waals surface area contributed by atoms with Gasteiger partial charge in [0.1, 0.15) is 5.76 Å². The molecule has 0 saturated carbocycles. The summed E-state index contributed by atoms with van der Waals surface area (Å²) in [4.78, 5) is 17.4. The number of thioether (sulfide) groups is 1. The zero-order chi connectivity index (χ0) is 22.6. The van der Waals surface area contributed by atoms with E-state index in [9.17, 15) is 4.79 Å². The average molecular weight is 462 g/mol. The molecule has 0 N–H and O–H groups in total. The lowest BCUT2D eigenvalue weighted by molar-refractivity contribution is -0.116. The monoisotopic (exact) mass is 461 g/mol. The molecule has 33 heavy (non-hydrogen) atoms. The van der Waals surface area contributed by atoms with Gasteiger partial charge in [0.15, 0.2) is 5.16 Å². The van der Waals surface area contributed by atoms with Crippen molar-refractivity contribution in [3.8, 4) is 0 Å². The third kappa shape index (κ3) is 4.48. The van der Waals surface area contributed by atoms with E-state index < -0.39 is 0 Å². The Morgan fingerprint density at radius 3 is 2.67 bits per heavy atom. The van der Waals surface area contributed by atoms with Crippen LogP contribution in [0.2, 0.25) is 0 Å². The molecule has 0 radical (unpaired) electrons. The Morgan fingerprint density at radius 2 is 1.88 bits per heavy atom. The molecule has 0 unspecified atom stereocenters. The van der Waals surface area contributed by atoms with E-state index in [2.05, 4.69) is 37.9 Å². The third-order valence-electron chi connectivity index (χ3n) is 5.98. The van der Waals surface area contributed by atoms with Crippen LogP contribution < -0.4 is 9.80 Å². The number of rotatable bonds is 8. The molecule has 3 heterocycles. The minimum Gasteiger partial charge on any atom is -0.467 e. The van der Waals surface area contributed by atoms with Gasteiger partial charge in [-0.25, -0.2) is 0 Å². The van der Waals surface area contributed by atoms with Gasteiger partial charge in [-0.15, -0.1) is 10.2 Å². The van der Waals surface area contributed by atoms with E-state index >= 15 is 0 Å². The number of carbonyl (C=O) groups excluding carboxylic acids is 1. The normalized spacial score (nSPS) is 13.7. The smallest absolute Gasteiger partial charge is 0.237 e. The minimum atomic E-state index is 0.0501. The first-order valence-electron chi connectivity index (χ1n) is 11.4. The molecule has 2 aromatic heterocycles. The lowest BCUT2D eigenvalue weighted by Crippen LogP contribution is -2.32. The highest BCUT2D eigenvalue weighted by molar-refractivity contribution is 7.99. The first-order chi connectivity index (χ1) is 16.2. The highest BCUT2D eigenvalue weighted by atomic mass is 32.2. The molecular formula is C25H27N5O2S. The zero-order valence-corrected chi connectivity index (χ0v) is 19.5. The van der Waals surface area contributed by atoms with Gasteiger partial charge in [0.2, 0.25) is 11.9 Å². The van der Waals surface area contributed by atoms with Crippen molar-refractivity contribution in [2.75, 3.05) is 35.2 Å². The molecule has 8 heteroatoms. The van der Waals surface area contributed by atoms with Gasteiger partial charge in [-0.1, -0.05) is 48.2 Å². The summed E-state index contributed by atoms with van der Waals surface area (Å²) in [6.07, 6.45) is 3.99. The first kappa shape index (κ1) is 21.6. The Bertz CT molecular complexity index is 1230. The van der Waals surface area contributed by atoms with Gasteiger partial charge in [0.05, 0.1) is 24.2 Å². The molecule has 1 fully saturated rings. The molecule has 1 aliphatic heterocycles. The number of hydrogen-bond donors (Lipinski definition) is 0. The molecule has 0 spiro atoms. The van der Waals surface area contributed by atoms with Crippen LogP contribution in [0.15, 0.2) is 70.4 Å². The second-order valence-corrected chi connectivity index (χ2v) is 9.01. The summed E-state index contributed by atoms with van der Waals surface area (Å²) in [6, 6.07) is 18.1. The van der Waals surface area contributed by atoms with Crippen molar-refractivity contribution in [2.24, 2.45) is 0 Å². The van der Waals surface area contributed by atoms with Crippen LogP contribution in [0.1, 0.15) is 25.5 Å². The van der Waals surface area contributed by atoms with Crippen LogP contribution in [0.25, 0.3) is 10.8 Å². The van der Waals surface area contributed by atoms with Crippen molar-refractivity contribution in [3.63, 3.8) is 0 Å². The molecule has 4 aromatic rings. The molecule has 1 saturated heterocycles. The van der Waals surface area contributed by atoms with Crippen LogP contribution in [0.5, 0.6) is 0 Å². The quantitative estimate of drug-likeness (QED) is 0.351. The van der Waals surface area contributed by atoms with Crippen molar-refractivity contribution in [1.82, 2.24) is 14.8 Å². The number of carbonyl (C=O) groups is 1. The number of nitrogens with zero attached hydrogens (tertiary/aromatic N) is 5.